The highest BCUT2D eigenvalue weighted by molar-refractivity contribution is 5.54. The Bertz CT molecular complexity index is 451. The Morgan fingerprint density at radius 3 is 2.70 bits per heavy atom. The van der Waals surface area contributed by atoms with Crippen LogP contribution in [0.3, 0.4) is 0 Å². The molecule has 0 aromatic heterocycles. The van der Waals surface area contributed by atoms with E-state index in [1.807, 2.05) is 6.07 Å². The van der Waals surface area contributed by atoms with Crippen molar-refractivity contribution < 1.29 is 4.39 Å². The Morgan fingerprint density at radius 1 is 1.35 bits per heavy atom. The number of rotatable bonds is 4. The second-order valence-corrected chi connectivity index (χ2v) is 6.89. The zero-order valence-corrected chi connectivity index (χ0v) is 13.2. The quantitative estimate of drug-likeness (QED) is 0.897. The minimum atomic E-state index is -0.148. The highest BCUT2D eigenvalue weighted by Crippen LogP contribution is 2.29. The summed E-state index contributed by atoms with van der Waals surface area (Å²) in [5.74, 6) is 0.633. The normalized spacial score (nSPS) is 19.6. The van der Waals surface area contributed by atoms with Crippen molar-refractivity contribution in [1.82, 2.24) is 5.32 Å². The number of nitrogens with one attached hydrogen (secondary N) is 1. The van der Waals surface area contributed by atoms with Crippen LogP contribution < -0.4 is 10.2 Å². The van der Waals surface area contributed by atoms with E-state index in [0.29, 0.717) is 6.54 Å². The van der Waals surface area contributed by atoms with E-state index in [0.717, 1.165) is 24.6 Å². The number of hydrogen-bond donors (Lipinski definition) is 1. The molecule has 1 unspecified atom stereocenters. The lowest BCUT2D eigenvalue weighted by atomic mass is 10.1. The predicted molar refractivity (Wildman–Crippen MR) is 83.6 cm³/mol. The first-order valence-electron chi connectivity index (χ1n) is 7.67. The maximum Gasteiger partial charge on any atom is 0.123 e. The summed E-state index contributed by atoms with van der Waals surface area (Å²) in [5.41, 5.74) is 2.30. The molecule has 0 radical (unpaired) electrons. The van der Waals surface area contributed by atoms with Gasteiger partial charge >= 0.3 is 0 Å². The van der Waals surface area contributed by atoms with Crippen LogP contribution in [-0.2, 0) is 6.54 Å². The third kappa shape index (κ3) is 3.95. The van der Waals surface area contributed by atoms with Gasteiger partial charge in [0.25, 0.3) is 0 Å². The Balaban J connectivity index is 2.16. The van der Waals surface area contributed by atoms with Crippen LogP contribution in [0.25, 0.3) is 0 Å². The molecule has 0 bridgehead atoms. The SMILES string of the molecule is CCC1CCN(c2ccc(F)cc2CNC(C)(C)C)C1. The van der Waals surface area contributed by atoms with Gasteiger partial charge in [0.1, 0.15) is 5.82 Å². The van der Waals surface area contributed by atoms with Crippen LogP contribution in [0.15, 0.2) is 18.2 Å². The summed E-state index contributed by atoms with van der Waals surface area (Å²) in [6.45, 7) is 11.6. The smallest absolute Gasteiger partial charge is 0.123 e. The summed E-state index contributed by atoms with van der Waals surface area (Å²) in [6, 6.07) is 5.19. The first-order chi connectivity index (χ1) is 9.39. The fraction of sp³-hybridized carbons (Fsp3) is 0.647. The molecule has 1 aliphatic rings. The highest BCUT2D eigenvalue weighted by atomic mass is 19.1. The Hall–Kier alpha value is -1.09. The fourth-order valence-electron chi connectivity index (χ4n) is 2.75. The lowest BCUT2D eigenvalue weighted by Gasteiger charge is -2.25. The van der Waals surface area contributed by atoms with Gasteiger partial charge in [-0.25, -0.2) is 4.39 Å². The van der Waals surface area contributed by atoms with Gasteiger partial charge in [-0.3, -0.25) is 0 Å². The van der Waals surface area contributed by atoms with E-state index in [-0.39, 0.29) is 11.4 Å². The molecule has 0 aliphatic carbocycles. The second kappa shape index (κ2) is 6.13. The molecule has 1 aromatic rings. The average molecular weight is 278 g/mol. The standard InChI is InChI=1S/C17H27FN2/c1-5-13-8-9-20(12-13)16-7-6-15(18)10-14(16)11-19-17(2,3)4/h6-7,10,13,19H,5,8-9,11-12H2,1-4H3. The summed E-state index contributed by atoms with van der Waals surface area (Å²) < 4.78 is 13.6. The van der Waals surface area contributed by atoms with Crippen LogP contribution in [-0.4, -0.2) is 18.6 Å². The molecule has 2 nitrogen and oxygen atoms in total. The van der Waals surface area contributed by atoms with Gasteiger partial charge in [-0.2, -0.15) is 0 Å². The largest absolute Gasteiger partial charge is 0.371 e. The Morgan fingerprint density at radius 2 is 2.10 bits per heavy atom. The fourth-order valence-corrected chi connectivity index (χ4v) is 2.75. The first-order valence-corrected chi connectivity index (χ1v) is 7.67. The predicted octanol–water partition coefficient (Wildman–Crippen LogP) is 3.95. The summed E-state index contributed by atoms with van der Waals surface area (Å²) in [5, 5.41) is 3.46. The number of benzene rings is 1. The second-order valence-electron chi connectivity index (χ2n) is 6.89. The van der Waals surface area contributed by atoms with E-state index in [2.05, 4.69) is 37.9 Å². The zero-order valence-electron chi connectivity index (χ0n) is 13.2. The van der Waals surface area contributed by atoms with Gasteiger partial charge in [0, 0.05) is 30.9 Å². The minimum absolute atomic E-state index is 0.0422. The summed E-state index contributed by atoms with van der Waals surface area (Å²) in [7, 11) is 0. The van der Waals surface area contributed by atoms with Crippen LogP contribution in [0.5, 0.6) is 0 Å². The summed E-state index contributed by atoms with van der Waals surface area (Å²) >= 11 is 0. The van der Waals surface area contributed by atoms with E-state index < -0.39 is 0 Å². The Labute approximate surface area is 122 Å². The van der Waals surface area contributed by atoms with Crippen molar-refractivity contribution in [3.8, 4) is 0 Å². The molecule has 1 N–H and O–H groups in total. The van der Waals surface area contributed by atoms with E-state index in [9.17, 15) is 4.39 Å². The van der Waals surface area contributed by atoms with E-state index in [1.54, 1.807) is 12.1 Å². The molecule has 1 fully saturated rings. The van der Waals surface area contributed by atoms with Gasteiger partial charge in [-0.15, -0.1) is 0 Å². The van der Waals surface area contributed by atoms with Crippen LogP contribution >= 0.6 is 0 Å². The molecule has 1 aromatic carbocycles. The molecule has 1 saturated heterocycles. The van der Waals surface area contributed by atoms with Crippen LogP contribution in [0, 0.1) is 11.7 Å². The lowest BCUT2D eigenvalue weighted by Crippen LogP contribution is -2.35. The minimum Gasteiger partial charge on any atom is -0.371 e. The molecule has 112 valence electrons. The molecule has 2 rings (SSSR count). The number of nitrogens with zero attached hydrogens (tertiary/aromatic N) is 1. The summed E-state index contributed by atoms with van der Waals surface area (Å²) in [6.07, 6.45) is 2.48. The van der Waals surface area contributed by atoms with Gasteiger partial charge in [0.05, 0.1) is 0 Å². The van der Waals surface area contributed by atoms with Crippen molar-refractivity contribution in [2.24, 2.45) is 5.92 Å². The zero-order chi connectivity index (χ0) is 14.8. The maximum absolute atomic E-state index is 13.6. The number of halogens is 1. The van der Waals surface area contributed by atoms with Crippen molar-refractivity contribution >= 4 is 5.69 Å². The van der Waals surface area contributed by atoms with Crippen molar-refractivity contribution in [3.05, 3.63) is 29.6 Å². The molecule has 0 saturated carbocycles. The summed E-state index contributed by atoms with van der Waals surface area (Å²) in [4.78, 5) is 2.41. The molecule has 0 amide bonds. The molecule has 0 spiro atoms. The van der Waals surface area contributed by atoms with Crippen molar-refractivity contribution in [1.29, 1.82) is 0 Å². The number of anilines is 1. The maximum atomic E-state index is 13.6. The number of hydrogen-bond acceptors (Lipinski definition) is 2. The van der Waals surface area contributed by atoms with E-state index >= 15 is 0 Å². The van der Waals surface area contributed by atoms with Gasteiger partial charge in [-0.05, 0) is 56.9 Å². The van der Waals surface area contributed by atoms with Crippen molar-refractivity contribution in [3.63, 3.8) is 0 Å². The lowest BCUT2D eigenvalue weighted by molar-refractivity contribution is 0.423. The third-order valence-electron chi connectivity index (χ3n) is 4.05. The molecule has 3 heteroatoms. The first kappa shape index (κ1) is 15.3. The van der Waals surface area contributed by atoms with E-state index in [1.165, 1.54) is 18.5 Å². The molecule has 20 heavy (non-hydrogen) atoms. The van der Waals surface area contributed by atoms with Gasteiger partial charge in [0.15, 0.2) is 0 Å². The van der Waals surface area contributed by atoms with E-state index in [4.69, 9.17) is 0 Å². The molecular weight excluding hydrogens is 251 g/mol. The Kier molecular flexibility index (Phi) is 4.69. The third-order valence-corrected chi connectivity index (χ3v) is 4.05. The van der Waals surface area contributed by atoms with Gasteiger partial charge in [0.2, 0.25) is 0 Å². The van der Waals surface area contributed by atoms with Crippen LogP contribution in [0.4, 0.5) is 10.1 Å². The van der Waals surface area contributed by atoms with Gasteiger partial charge in [-0.1, -0.05) is 13.3 Å². The molecular formula is C17H27FN2. The van der Waals surface area contributed by atoms with Gasteiger partial charge < -0.3 is 10.2 Å². The van der Waals surface area contributed by atoms with Crippen molar-refractivity contribution in [2.45, 2.75) is 52.6 Å². The van der Waals surface area contributed by atoms with Crippen LogP contribution in [0.1, 0.15) is 46.1 Å². The average Bonchev–Trinajstić information content (AvgIpc) is 2.84. The topological polar surface area (TPSA) is 15.3 Å². The van der Waals surface area contributed by atoms with Crippen molar-refractivity contribution in [2.75, 3.05) is 18.0 Å². The monoisotopic (exact) mass is 278 g/mol. The molecule has 1 heterocycles. The molecule has 1 aliphatic heterocycles. The molecule has 1 atom stereocenters. The highest BCUT2D eigenvalue weighted by Gasteiger charge is 2.23. The van der Waals surface area contributed by atoms with Crippen LogP contribution in [0.2, 0.25) is 0 Å².